The monoisotopic (exact) mass is 229 g/mol. The lowest BCUT2D eigenvalue weighted by Crippen LogP contribution is -2.31. The molecule has 0 radical (unpaired) electrons. The summed E-state index contributed by atoms with van der Waals surface area (Å²) in [4.78, 5) is 0. The third-order valence-electron chi connectivity index (χ3n) is 2.03. The molecule has 0 saturated carbocycles. The Morgan fingerprint density at radius 1 is 1.50 bits per heavy atom. The molecule has 1 atom stereocenters. The number of rotatable bonds is 9. The molecule has 0 bridgehead atoms. The Morgan fingerprint density at radius 2 is 2.38 bits per heavy atom. The fraction of sp³-hybridized carbons (Fsp3) is 0.636. The van der Waals surface area contributed by atoms with E-state index in [4.69, 9.17) is 14.3 Å². The van der Waals surface area contributed by atoms with E-state index in [9.17, 15) is 5.11 Å². The van der Waals surface area contributed by atoms with E-state index in [0.29, 0.717) is 26.1 Å². The number of aliphatic hydroxyl groups is 2. The van der Waals surface area contributed by atoms with Crippen molar-refractivity contribution in [2.45, 2.75) is 19.1 Å². The van der Waals surface area contributed by atoms with Gasteiger partial charge in [0.2, 0.25) is 0 Å². The summed E-state index contributed by atoms with van der Waals surface area (Å²) in [6, 6.07) is 3.62. The highest BCUT2D eigenvalue weighted by molar-refractivity contribution is 4.96. The Morgan fingerprint density at radius 3 is 3.06 bits per heavy atom. The van der Waals surface area contributed by atoms with Crippen molar-refractivity contribution < 1.29 is 19.4 Å². The number of furan rings is 1. The van der Waals surface area contributed by atoms with Gasteiger partial charge in [0, 0.05) is 13.2 Å². The average molecular weight is 229 g/mol. The van der Waals surface area contributed by atoms with Crippen LogP contribution < -0.4 is 5.32 Å². The van der Waals surface area contributed by atoms with Gasteiger partial charge in [0.1, 0.15) is 12.4 Å². The first kappa shape index (κ1) is 13.2. The van der Waals surface area contributed by atoms with Gasteiger partial charge in [-0.2, -0.15) is 0 Å². The van der Waals surface area contributed by atoms with Gasteiger partial charge in [-0.25, -0.2) is 0 Å². The SMILES string of the molecule is OCCCNCC(O)COCc1ccco1. The Bertz CT molecular complexity index is 250. The van der Waals surface area contributed by atoms with E-state index >= 15 is 0 Å². The van der Waals surface area contributed by atoms with Crippen LogP contribution in [-0.2, 0) is 11.3 Å². The number of ether oxygens (including phenoxy) is 1. The molecule has 1 aromatic rings. The molecule has 0 aliphatic carbocycles. The summed E-state index contributed by atoms with van der Waals surface area (Å²) in [6.45, 7) is 1.98. The molecule has 3 N–H and O–H groups in total. The van der Waals surface area contributed by atoms with Crippen LogP contribution in [0, 0.1) is 0 Å². The van der Waals surface area contributed by atoms with Crippen molar-refractivity contribution in [3.8, 4) is 0 Å². The quantitative estimate of drug-likeness (QED) is 0.525. The molecule has 0 fully saturated rings. The Balaban J connectivity index is 1.95. The smallest absolute Gasteiger partial charge is 0.129 e. The average Bonchev–Trinajstić information content (AvgIpc) is 2.77. The first-order chi connectivity index (χ1) is 7.83. The van der Waals surface area contributed by atoms with Crippen LogP contribution in [0.5, 0.6) is 0 Å². The van der Waals surface area contributed by atoms with Gasteiger partial charge in [-0.05, 0) is 25.1 Å². The van der Waals surface area contributed by atoms with Gasteiger partial charge in [-0.3, -0.25) is 0 Å². The Kier molecular flexibility index (Phi) is 6.83. The van der Waals surface area contributed by atoms with E-state index in [0.717, 1.165) is 5.76 Å². The minimum atomic E-state index is -0.534. The molecule has 1 aromatic heterocycles. The van der Waals surface area contributed by atoms with E-state index in [2.05, 4.69) is 5.32 Å². The molecular weight excluding hydrogens is 210 g/mol. The second-order valence-electron chi connectivity index (χ2n) is 3.53. The molecule has 0 spiro atoms. The maximum atomic E-state index is 9.50. The van der Waals surface area contributed by atoms with Crippen molar-refractivity contribution in [2.75, 3.05) is 26.3 Å². The molecule has 16 heavy (non-hydrogen) atoms. The lowest BCUT2D eigenvalue weighted by Gasteiger charge is -2.11. The third kappa shape index (κ3) is 5.87. The van der Waals surface area contributed by atoms with Crippen molar-refractivity contribution >= 4 is 0 Å². The van der Waals surface area contributed by atoms with Crippen LogP contribution in [0.1, 0.15) is 12.2 Å². The molecule has 1 rings (SSSR count). The second kappa shape index (κ2) is 8.29. The minimum Gasteiger partial charge on any atom is -0.467 e. The molecule has 0 aliphatic rings. The van der Waals surface area contributed by atoms with Gasteiger partial charge in [0.25, 0.3) is 0 Å². The molecular formula is C11H19NO4. The fourth-order valence-electron chi connectivity index (χ4n) is 1.22. The van der Waals surface area contributed by atoms with Gasteiger partial charge >= 0.3 is 0 Å². The van der Waals surface area contributed by atoms with Crippen LogP contribution in [0.4, 0.5) is 0 Å². The molecule has 92 valence electrons. The molecule has 0 amide bonds. The van der Waals surface area contributed by atoms with Crippen molar-refractivity contribution in [1.82, 2.24) is 5.32 Å². The molecule has 0 aliphatic heterocycles. The lowest BCUT2D eigenvalue weighted by molar-refractivity contribution is 0.0226. The standard InChI is InChI=1S/C11H19NO4/c13-5-2-4-12-7-10(14)8-15-9-11-3-1-6-16-11/h1,3,6,10,12-14H,2,4-5,7-9H2. The number of hydrogen-bond acceptors (Lipinski definition) is 5. The van der Waals surface area contributed by atoms with E-state index in [-0.39, 0.29) is 13.2 Å². The normalized spacial score (nSPS) is 12.9. The zero-order chi connectivity index (χ0) is 11.6. The van der Waals surface area contributed by atoms with Crippen LogP contribution in [-0.4, -0.2) is 42.6 Å². The highest BCUT2D eigenvalue weighted by Gasteiger charge is 2.04. The highest BCUT2D eigenvalue weighted by Crippen LogP contribution is 2.01. The van der Waals surface area contributed by atoms with Crippen LogP contribution in [0.3, 0.4) is 0 Å². The molecule has 5 heteroatoms. The minimum absolute atomic E-state index is 0.165. The zero-order valence-electron chi connectivity index (χ0n) is 9.26. The molecule has 1 unspecified atom stereocenters. The topological polar surface area (TPSA) is 74.9 Å². The fourth-order valence-corrected chi connectivity index (χ4v) is 1.22. The van der Waals surface area contributed by atoms with Crippen molar-refractivity contribution in [2.24, 2.45) is 0 Å². The second-order valence-corrected chi connectivity index (χ2v) is 3.53. The highest BCUT2D eigenvalue weighted by atomic mass is 16.5. The predicted octanol–water partition coefficient (Wildman–Crippen LogP) is 0.129. The zero-order valence-corrected chi connectivity index (χ0v) is 9.26. The summed E-state index contributed by atoms with van der Waals surface area (Å²) < 4.78 is 10.3. The summed E-state index contributed by atoms with van der Waals surface area (Å²) in [6.07, 6.45) is 1.75. The summed E-state index contributed by atoms with van der Waals surface area (Å²) >= 11 is 0. The Labute approximate surface area is 95.0 Å². The van der Waals surface area contributed by atoms with Crippen LogP contribution in [0.2, 0.25) is 0 Å². The molecule has 1 heterocycles. The van der Waals surface area contributed by atoms with Gasteiger partial charge in [-0.1, -0.05) is 0 Å². The van der Waals surface area contributed by atoms with E-state index < -0.39 is 6.10 Å². The molecule has 0 aromatic carbocycles. The van der Waals surface area contributed by atoms with Crippen molar-refractivity contribution in [1.29, 1.82) is 0 Å². The van der Waals surface area contributed by atoms with E-state index in [1.807, 2.05) is 6.07 Å². The Hall–Kier alpha value is -0.880. The van der Waals surface area contributed by atoms with Crippen LogP contribution in [0.15, 0.2) is 22.8 Å². The number of hydrogen-bond donors (Lipinski definition) is 3. The van der Waals surface area contributed by atoms with Gasteiger partial charge in [0.15, 0.2) is 0 Å². The van der Waals surface area contributed by atoms with E-state index in [1.54, 1.807) is 12.3 Å². The summed E-state index contributed by atoms with van der Waals surface area (Å²) in [7, 11) is 0. The van der Waals surface area contributed by atoms with Crippen LogP contribution >= 0.6 is 0 Å². The van der Waals surface area contributed by atoms with Gasteiger partial charge in [-0.15, -0.1) is 0 Å². The first-order valence-electron chi connectivity index (χ1n) is 5.42. The number of aliphatic hydroxyl groups excluding tert-OH is 2. The van der Waals surface area contributed by atoms with E-state index in [1.165, 1.54) is 0 Å². The van der Waals surface area contributed by atoms with Crippen LogP contribution in [0.25, 0.3) is 0 Å². The summed E-state index contributed by atoms with van der Waals surface area (Å²) in [5, 5.41) is 21.1. The van der Waals surface area contributed by atoms with Crippen molar-refractivity contribution in [3.63, 3.8) is 0 Å². The largest absolute Gasteiger partial charge is 0.467 e. The summed E-state index contributed by atoms with van der Waals surface area (Å²) in [5.74, 6) is 0.750. The van der Waals surface area contributed by atoms with Gasteiger partial charge < -0.3 is 24.7 Å². The van der Waals surface area contributed by atoms with Crippen molar-refractivity contribution in [3.05, 3.63) is 24.2 Å². The molecule has 0 saturated heterocycles. The van der Waals surface area contributed by atoms with Gasteiger partial charge in [0.05, 0.1) is 19.0 Å². The first-order valence-corrected chi connectivity index (χ1v) is 5.42. The molecule has 5 nitrogen and oxygen atoms in total. The number of nitrogens with one attached hydrogen (secondary N) is 1. The maximum Gasteiger partial charge on any atom is 0.129 e. The summed E-state index contributed by atoms with van der Waals surface area (Å²) in [5.41, 5.74) is 0. The third-order valence-corrected chi connectivity index (χ3v) is 2.03. The maximum absolute atomic E-state index is 9.50. The lowest BCUT2D eigenvalue weighted by atomic mass is 10.3. The predicted molar refractivity (Wildman–Crippen MR) is 58.9 cm³/mol.